The highest BCUT2D eigenvalue weighted by molar-refractivity contribution is 5.29. The van der Waals surface area contributed by atoms with Gasteiger partial charge in [-0.2, -0.15) is 0 Å². The molecular formula is C30H44O8. The van der Waals surface area contributed by atoms with E-state index in [2.05, 4.69) is 6.58 Å². The Morgan fingerprint density at radius 2 is 1.71 bits per heavy atom. The molecule has 4 fully saturated rings. The highest BCUT2D eigenvalue weighted by Crippen LogP contribution is 2.58. The summed E-state index contributed by atoms with van der Waals surface area (Å²) in [4.78, 5) is 0. The van der Waals surface area contributed by atoms with E-state index in [0.717, 1.165) is 24.8 Å². The van der Waals surface area contributed by atoms with E-state index in [-0.39, 0.29) is 18.9 Å². The van der Waals surface area contributed by atoms with Crippen molar-refractivity contribution in [1.29, 1.82) is 0 Å². The van der Waals surface area contributed by atoms with Crippen molar-refractivity contribution in [3.05, 3.63) is 42.5 Å². The zero-order valence-electron chi connectivity index (χ0n) is 22.1. The molecule has 0 amide bonds. The smallest absolute Gasteiger partial charge is 0.232 e. The molecule has 3 aliphatic carbocycles. The van der Waals surface area contributed by atoms with Crippen molar-refractivity contribution in [2.45, 2.75) is 112 Å². The number of ether oxygens (including phenoxy) is 2. The summed E-state index contributed by atoms with van der Waals surface area (Å²) in [7, 11) is 0. The van der Waals surface area contributed by atoms with Crippen molar-refractivity contribution in [2.75, 3.05) is 6.61 Å². The fourth-order valence-corrected chi connectivity index (χ4v) is 7.85. The molecule has 9 atom stereocenters. The summed E-state index contributed by atoms with van der Waals surface area (Å²) in [5, 5.41) is 68.5. The van der Waals surface area contributed by atoms with Crippen molar-refractivity contribution < 1.29 is 40.1 Å². The predicted molar refractivity (Wildman–Crippen MR) is 140 cm³/mol. The second-order valence-electron chi connectivity index (χ2n) is 12.3. The molecule has 6 N–H and O–H groups in total. The summed E-state index contributed by atoms with van der Waals surface area (Å²) >= 11 is 0. The summed E-state index contributed by atoms with van der Waals surface area (Å²) in [6.07, 6.45) is 3.25. The van der Waals surface area contributed by atoms with Gasteiger partial charge >= 0.3 is 0 Å². The highest BCUT2D eigenvalue weighted by atomic mass is 16.7. The third-order valence-electron chi connectivity index (χ3n) is 9.99. The fourth-order valence-electron chi connectivity index (χ4n) is 7.85. The lowest BCUT2D eigenvalue weighted by molar-refractivity contribution is -0.399. The maximum Gasteiger partial charge on any atom is 0.232 e. The van der Waals surface area contributed by atoms with Crippen LogP contribution in [0.3, 0.4) is 0 Å². The number of aliphatic hydroxyl groups excluding tert-OH is 3. The Labute approximate surface area is 224 Å². The number of hydrogen-bond acceptors (Lipinski definition) is 8. The van der Waals surface area contributed by atoms with Crippen LogP contribution in [0.25, 0.3) is 0 Å². The quantitative estimate of drug-likeness (QED) is 0.280. The maximum absolute atomic E-state index is 12.3. The highest BCUT2D eigenvalue weighted by Gasteiger charge is 2.73. The standard InChI is InChI=1S/C30H44O8/c1-2-6-19-7-11-23(12-8-19)37-27-30(36)22(18-28(34)14-4-3-5-15-28)17-21-10-9-20(13-16-31)24(32)25(38-27)29(21,35)26(30)33/h2,7-8,11-12,20-22,24-27,31-36H,1,3-6,9-10,13-18H2. The predicted octanol–water partition coefficient (Wildman–Crippen LogP) is 2.22. The summed E-state index contributed by atoms with van der Waals surface area (Å²) < 4.78 is 12.5. The first-order chi connectivity index (χ1) is 18.2. The molecule has 9 unspecified atom stereocenters. The second kappa shape index (κ2) is 10.8. The molecule has 1 aromatic carbocycles. The average Bonchev–Trinajstić information content (AvgIpc) is 3.00. The van der Waals surface area contributed by atoms with Crippen LogP contribution in [0.5, 0.6) is 5.75 Å². The first-order valence-corrected chi connectivity index (χ1v) is 14.3. The Morgan fingerprint density at radius 1 is 1.00 bits per heavy atom. The Morgan fingerprint density at radius 3 is 2.37 bits per heavy atom. The molecule has 1 heterocycles. The monoisotopic (exact) mass is 532 g/mol. The van der Waals surface area contributed by atoms with Gasteiger partial charge in [0, 0.05) is 6.61 Å². The molecule has 212 valence electrons. The molecule has 0 radical (unpaired) electrons. The summed E-state index contributed by atoms with van der Waals surface area (Å²) in [5.74, 6) is -0.958. The number of aliphatic hydroxyl groups is 6. The van der Waals surface area contributed by atoms with Gasteiger partial charge in [0.2, 0.25) is 6.29 Å². The van der Waals surface area contributed by atoms with Gasteiger partial charge in [0.25, 0.3) is 0 Å². The normalized spacial score (nSPS) is 42.2. The minimum absolute atomic E-state index is 0.114. The van der Waals surface area contributed by atoms with E-state index < -0.39 is 53.2 Å². The van der Waals surface area contributed by atoms with Crippen molar-refractivity contribution in [2.24, 2.45) is 17.8 Å². The van der Waals surface area contributed by atoms with Crippen LogP contribution in [0.1, 0.15) is 69.8 Å². The van der Waals surface area contributed by atoms with Gasteiger partial charge in [-0.15, -0.1) is 6.58 Å². The van der Waals surface area contributed by atoms with Crippen molar-refractivity contribution >= 4 is 0 Å². The van der Waals surface area contributed by atoms with Gasteiger partial charge in [-0.3, -0.25) is 0 Å². The van der Waals surface area contributed by atoms with E-state index in [9.17, 15) is 30.6 Å². The van der Waals surface area contributed by atoms with Crippen LogP contribution in [0.2, 0.25) is 0 Å². The molecule has 0 aromatic heterocycles. The SMILES string of the molecule is C=CCc1ccc(OC2OC3C(O)C(CCO)CCC4CC(CC5(O)CCCCC5)C2(O)C(O)C43O)cc1. The van der Waals surface area contributed by atoms with E-state index in [1.165, 1.54) is 0 Å². The summed E-state index contributed by atoms with van der Waals surface area (Å²) in [6, 6.07) is 7.28. The van der Waals surface area contributed by atoms with Gasteiger partial charge in [0.15, 0.2) is 5.60 Å². The third kappa shape index (κ3) is 4.72. The average molecular weight is 533 g/mol. The molecule has 1 saturated heterocycles. The molecule has 3 saturated carbocycles. The lowest BCUT2D eigenvalue weighted by Crippen LogP contribution is -2.81. The zero-order valence-corrected chi connectivity index (χ0v) is 22.1. The van der Waals surface area contributed by atoms with Gasteiger partial charge in [-0.25, -0.2) is 0 Å². The maximum atomic E-state index is 12.3. The van der Waals surface area contributed by atoms with Crippen molar-refractivity contribution in [1.82, 2.24) is 0 Å². The zero-order chi connectivity index (χ0) is 27.1. The summed E-state index contributed by atoms with van der Waals surface area (Å²) in [6.45, 7) is 3.65. The second-order valence-corrected chi connectivity index (χ2v) is 12.3. The number of benzene rings is 1. The van der Waals surface area contributed by atoms with Gasteiger partial charge in [-0.1, -0.05) is 37.5 Å². The molecule has 0 spiro atoms. The number of rotatable bonds is 8. The van der Waals surface area contributed by atoms with Crippen molar-refractivity contribution in [3.63, 3.8) is 0 Å². The molecule has 8 nitrogen and oxygen atoms in total. The number of fused-ring (bicyclic) bond motifs is 1. The Balaban J connectivity index is 1.52. The van der Waals surface area contributed by atoms with E-state index in [1.54, 1.807) is 18.2 Å². The van der Waals surface area contributed by atoms with Gasteiger partial charge in [0.05, 0.1) is 11.7 Å². The minimum atomic E-state index is -2.01. The first kappa shape index (κ1) is 28.0. The number of hydrogen-bond donors (Lipinski definition) is 6. The van der Waals surface area contributed by atoms with E-state index in [0.29, 0.717) is 50.7 Å². The van der Waals surface area contributed by atoms with E-state index in [1.807, 2.05) is 12.1 Å². The van der Waals surface area contributed by atoms with Gasteiger partial charge in [-0.05, 0) is 86.8 Å². The van der Waals surface area contributed by atoms with Crippen LogP contribution in [-0.2, 0) is 11.2 Å². The molecule has 38 heavy (non-hydrogen) atoms. The van der Waals surface area contributed by atoms with Crippen LogP contribution in [0.15, 0.2) is 36.9 Å². The Kier molecular flexibility index (Phi) is 7.97. The molecule has 1 aliphatic heterocycles. The molecule has 2 bridgehead atoms. The third-order valence-corrected chi connectivity index (χ3v) is 9.99. The lowest BCUT2D eigenvalue weighted by atomic mass is 9.55. The van der Waals surface area contributed by atoms with Crippen molar-refractivity contribution in [3.8, 4) is 5.75 Å². The van der Waals surface area contributed by atoms with E-state index >= 15 is 0 Å². The molecule has 4 aliphatic rings. The number of allylic oxidation sites excluding steroid dienone is 1. The lowest BCUT2D eigenvalue weighted by Gasteiger charge is -2.63. The Hall–Kier alpha value is -1.52. The topological polar surface area (TPSA) is 140 Å². The van der Waals surface area contributed by atoms with Crippen LogP contribution in [0, 0.1) is 17.8 Å². The summed E-state index contributed by atoms with van der Waals surface area (Å²) in [5.41, 5.74) is -3.83. The minimum Gasteiger partial charge on any atom is -0.462 e. The Bertz CT molecular complexity index is 962. The van der Waals surface area contributed by atoms with Gasteiger partial charge in [0.1, 0.15) is 23.6 Å². The van der Waals surface area contributed by atoms with Crippen LogP contribution in [0.4, 0.5) is 0 Å². The van der Waals surface area contributed by atoms with Crippen LogP contribution >= 0.6 is 0 Å². The van der Waals surface area contributed by atoms with E-state index in [4.69, 9.17) is 9.47 Å². The fraction of sp³-hybridized carbons (Fsp3) is 0.733. The first-order valence-electron chi connectivity index (χ1n) is 14.3. The molecular weight excluding hydrogens is 488 g/mol. The van der Waals surface area contributed by atoms with Gasteiger partial charge < -0.3 is 40.1 Å². The van der Waals surface area contributed by atoms with Crippen LogP contribution < -0.4 is 4.74 Å². The molecule has 1 aromatic rings. The molecule has 8 heteroatoms. The largest absolute Gasteiger partial charge is 0.462 e. The molecule has 5 rings (SSSR count). The van der Waals surface area contributed by atoms with Crippen LogP contribution in [-0.4, -0.2) is 78.7 Å².